The summed E-state index contributed by atoms with van der Waals surface area (Å²) in [5.74, 6) is -1.22. The summed E-state index contributed by atoms with van der Waals surface area (Å²) in [6.45, 7) is 0. The summed E-state index contributed by atoms with van der Waals surface area (Å²) < 4.78 is 51.7. The number of hydrogen-bond donors (Lipinski definition) is 1. The molecule has 0 aliphatic heterocycles. The van der Waals surface area contributed by atoms with Gasteiger partial charge in [0.15, 0.2) is 0 Å². The number of hydrogen-bond acceptors (Lipinski definition) is 1. The maximum atomic E-state index is 13.3. The zero-order chi connectivity index (χ0) is 15.5. The molecule has 0 fully saturated rings. The Labute approximate surface area is 122 Å². The van der Waals surface area contributed by atoms with Crippen LogP contribution in [0.1, 0.15) is 49.3 Å². The highest BCUT2D eigenvalue weighted by molar-refractivity contribution is 5.30. The van der Waals surface area contributed by atoms with Gasteiger partial charge in [-0.15, -0.1) is 0 Å². The maximum absolute atomic E-state index is 13.3. The molecule has 1 N–H and O–H groups in total. The Bertz CT molecular complexity index is 519. The second-order valence-corrected chi connectivity index (χ2v) is 5.39. The molecule has 116 valence electrons. The first-order chi connectivity index (χ1) is 9.91. The van der Waals surface area contributed by atoms with Crippen molar-refractivity contribution in [3.8, 4) is 0 Å². The number of rotatable bonds is 4. The largest absolute Gasteiger partial charge is 0.419 e. The van der Waals surface area contributed by atoms with Gasteiger partial charge in [-0.3, -0.25) is 0 Å². The van der Waals surface area contributed by atoms with Crippen LogP contribution in [0.4, 0.5) is 17.6 Å². The SMILES string of the molecule is CNC(CC1=CCCCC1)c1ccc(F)c(C(F)(F)F)c1. The van der Waals surface area contributed by atoms with Gasteiger partial charge >= 0.3 is 6.18 Å². The lowest BCUT2D eigenvalue weighted by Crippen LogP contribution is -2.19. The molecule has 0 radical (unpaired) electrons. The van der Waals surface area contributed by atoms with E-state index in [-0.39, 0.29) is 6.04 Å². The van der Waals surface area contributed by atoms with E-state index in [0.29, 0.717) is 12.0 Å². The van der Waals surface area contributed by atoms with Crippen molar-refractivity contribution in [3.63, 3.8) is 0 Å². The highest BCUT2D eigenvalue weighted by Crippen LogP contribution is 2.34. The quantitative estimate of drug-likeness (QED) is 0.610. The molecule has 0 bridgehead atoms. The van der Waals surface area contributed by atoms with E-state index in [1.807, 2.05) is 0 Å². The van der Waals surface area contributed by atoms with Crippen molar-refractivity contribution in [1.82, 2.24) is 5.32 Å². The Morgan fingerprint density at radius 3 is 2.57 bits per heavy atom. The number of halogens is 4. The predicted octanol–water partition coefficient (Wildman–Crippen LogP) is 5.00. The fourth-order valence-corrected chi connectivity index (χ4v) is 2.72. The molecule has 1 aromatic carbocycles. The lowest BCUT2D eigenvalue weighted by molar-refractivity contribution is -0.140. The number of alkyl halides is 3. The summed E-state index contributed by atoms with van der Waals surface area (Å²) in [6, 6.07) is 3.02. The monoisotopic (exact) mass is 301 g/mol. The molecule has 0 heterocycles. The van der Waals surface area contributed by atoms with Crippen molar-refractivity contribution >= 4 is 0 Å². The minimum Gasteiger partial charge on any atom is -0.313 e. The molecular weight excluding hydrogens is 282 g/mol. The Morgan fingerprint density at radius 1 is 1.24 bits per heavy atom. The highest BCUT2D eigenvalue weighted by Gasteiger charge is 2.34. The standard InChI is InChI=1S/C16H19F4N/c1-21-15(9-11-5-3-2-4-6-11)12-7-8-14(17)13(10-12)16(18,19)20/h5,7-8,10,15,21H,2-4,6,9H2,1H3. The molecule has 1 aliphatic carbocycles. The van der Waals surface area contributed by atoms with Crippen LogP contribution in [0.15, 0.2) is 29.8 Å². The molecule has 1 nitrogen and oxygen atoms in total. The maximum Gasteiger partial charge on any atom is 0.419 e. The first kappa shape index (κ1) is 16.0. The van der Waals surface area contributed by atoms with Crippen molar-refractivity contribution in [2.24, 2.45) is 0 Å². The summed E-state index contributed by atoms with van der Waals surface area (Å²) in [5.41, 5.74) is 0.536. The van der Waals surface area contributed by atoms with Crippen molar-refractivity contribution in [2.45, 2.75) is 44.3 Å². The fraction of sp³-hybridized carbons (Fsp3) is 0.500. The second-order valence-electron chi connectivity index (χ2n) is 5.39. The van der Waals surface area contributed by atoms with E-state index < -0.39 is 17.6 Å². The van der Waals surface area contributed by atoms with Crippen LogP contribution in [0.25, 0.3) is 0 Å². The summed E-state index contributed by atoms with van der Waals surface area (Å²) in [6.07, 6.45) is 2.49. The fourth-order valence-electron chi connectivity index (χ4n) is 2.72. The molecular formula is C16H19F4N. The summed E-state index contributed by atoms with van der Waals surface area (Å²) >= 11 is 0. The smallest absolute Gasteiger partial charge is 0.313 e. The molecule has 1 atom stereocenters. The van der Waals surface area contributed by atoms with Gasteiger partial charge in [-0.05, 0) is 56.8 Å². The van der Waals surface area contributed by atoms with Crippen LogP contribution in [0.5, 0.6) is 0 Å². The average Bonchev–Trinajstić information content (AvgIpc) is 2.45. The van der Waals surface area contributed by atoms with Crippen LogP contribution in [0, 0.1) is 5.82 Å². The van der Waals surface area contributed by atoms with Gasteiger partial charge in [0.2, 0.25) is 0 Å². The number of allylic oxidation sites excluding steroid dienone is 1. The van der Waals surface area contributed by atoms with Crippen LogP contribution in [-0.2, 0) is 6.18 Å². The average molecular weight is 301 g/mol. The predicted molar refractivity (Wildman–Crippen MR) is 74.4 cm³/mol. The van der Waals surface area contributed by atoms with E-state index in [0.717, 1.165) is 31.4 Å². The first-order valence-corrected chi connectivity index (χ1v) is 7.13. The minimum atomic E-state index is -4.66. The number of nitrogens with one attached hydrogen (secondary N) is 1. The molecule has 0 aromatic heterocycles. The number of benzene rings is 1. The molecule has 0 amide bonds. The zero-order valence-electron chi connectivity index (χ0n) is 11.9. The van der Waals surface area contributed by atoms with E-state index in [9.17, 15) is 17.6 Å². The van der Waals surface area contributed by atoms with Gasteiger partial charge in [-0.1, -0.05) is 17.7 Å². The van der Waals surface area contributed by atoms with Gasteiger partial charge in [0.25, 0.3) is 0 Å². The van der Waals surface area contributed by atoms with Crippen molar-refractivity contribution in [2.75, 3.05) is 7.05 Å². The van der Waals surface area contributed by atoms with Gasteiger partial charge < -0.3 is 5.32 Å². The Hall–Kier alpha value is -1.36. The summed E-state index contributed by atoms with van der Waals surface area (Å²) in [5, 5.41) is 3.03. The van der Waals surface area contributed by atoms with Gasteiger partial charge in [0.05, 0.1) is 5.56 Å². The molecule has 0 saturated heterocycles. The van der Waals surface area contributed by atoms with Crippen LogP contribution in [-0.4, -0.2) is 7.05 Å². The normalized spacial score (nSPS) is 17.5. The molecule has 1 aliphatic rings. The molecule has 0 saturated carbocycles. The van der Waals surface area contributed by atoms with Crippen LogP contribution in [0.2, 0.25) is 0 Å². The van der Waals surface area contributed by atoms with E-state index in [1.165, 1.54) is 18.1 Å². The van der Waals surface area contributed by atoms with E-state index in [4.69, 9.17) is 0 Å². The van der Waals surface area contributed by atoms with E-state index >= 15 is 0 Å². The van der Waals surface area contributed by atoms with Crippen molar-refractivity contribution in [1.29, 1.82) is 0 Å². The Morgan fingerprint density at radius 2 is 2.00 bits per heavy atom. The van der Waals surface area contributed by atoms with Gasteiger partial charge in [-0.25, -0.2) is 4.39 Å². The summed E-state index contributed by atoms with van der Waals surface area (Å²) in [4.78, 5) is 0. The van der Waals surface area contributed by atoms with Crippen LogP contribution < -0.4 is 5.32 Å². The lowest BCUT2D eigenvalue weighted by atomic mass is 9.91. The van der Waals surface area contributed by atoms with E-state index in [1.54, 1.807) is 7.05 Å². The third-order valence-electron chi connectivity index (χ3n) is 3.90. The Kier molecular flexibility index (Phi) is 5.04. The molecule has 1 unspecified atom stereocenters. The Balaban J connectivity index is 2.24. The zero-order valence-corrected chi connectivity index (χ0v) is 11.9. The minimum absolute atomic E-state index is 0.226. The third kappa shape index (κ3) is 4.06. The molecule has 1 aromatic rings. The van der Waals surface area contributed by atoms with E-state index in [2.05, 4.69) is 11.4 Å². The van der Waals surface area contributed by atoms with Crippen LogP contribution >= 0.6 is 0 Å². The molecule has 21 heavy (non-hydrogen) atoms. The third-order valence-corrected chi connectivity index (χ3v) is 3.90. The van der Waals surface area contributed by atoms with Crippen molar-refractivity contribution < 1.29 is 17.6 Å². The molecule has 0 spiro atoms. The molecule has 5 heteroatoms. The molecule has 2 rings (SSSR count). The first-order valence-electron chi connectivity index (χ1n) is 7.13. The van der Waals surface area contributed by atoms with Crippen molar-refractivity contribution in [3.05, 3.63) is 46.8 Å². The second kappa shape index (κ2) is 6.60. The lowest BCUT2D eigenvalue weighted by Gasteiger charge is -2.22. The highest BCUT2D eigenvalue weighted by atomic mass is 19.4. The van der Waals surface area contributed by atoms with Gasteiger partial charge in [-0.2, -0.15) is 13.2 Å². The van der Waals surface area contributed by atoms with Crippen LogP contribution in [0.3, 0.4) is 0 Å². The van der Waals surface area contributed by atoms with Gasteiger partial charge in [0.1, 0.15) is 5.82 Å². The van der Waals surface area contributed by atoms with Gasteiger partial charge in [0, 0.05) is 6.04 Å². The topological polar surface area (TPSA) is 12.0 Å². The summed E-state index contributed by atoms with van der Waals surface area (Å²) in [7, 11) is 1.71.